The fourth-order valence-corrected chi connectivity index (χ4v) is 3.19. The summed E-state index contributed by atoms with van der Waals surface area (Å²) in [6.45, 7) is 3.63. The maximum absolute atomic E-state index is 12.7. The largest absolute Gasteiger partial charge is 0.376 e. The maximum Gasteiger partial charge on any atom is 0.257 e. The van der Waals surface area contributed by atoms with Crippen LogP contribution in [-0.2, 0) is 9.59 Å². The minimum atomic E-state index is -0.376. The highest BCUT2D eigenvalue weighted by molar-refractivity contribution is 6.30. The van der Waals surface area contributed by atoms with Gasteiger partial charge in [-0.1, -0.05) is 35.9 Å². The summed E-state index contributed by atoms with van der Waals surface area (Å²) < 4.78 is 0. The summed E-state index contributed by atoms with van der Waals surface area (Å²) >= 11 is 5.87. The first kappa shape index (κ1) is 23.8. The zero-order chi connectivity index (χ0) is 23.8. The third kappa shape index (κ3) is 6.82. The summed E-state index contributed by atoms with van der Waals surface area (Å²) in [5, 5.41) is 11.7. The molecule has 0 fully saturated rings. The molecule has 0 heterocycles. The second-order valence-electron chi connectivity index (χ2n) is 7.43. The van der Waals surface area contributed by atoms with Crippen LogP contribution in [0.15, 0.2) is 66.7 Å². The summed E-state index contributed by atoms with van der Waals surface area (Å²) in [6.07, 6.45) is 0. The lowest BCUT2D eigenvalue weighted by Gasteiger charge is -2.13. The fraction of sp³-hybridized carbons (Fsp3) is 0.160. The predicted molar refractivity (Wildman–Crippen MR) is 132 cm³/mol. The van der Waals surface area contributed by atoms with Gasteiger partial charge in [0.05, 0.1) is 18.7 Å². The van der Waals surface area contributed by atoms with E-state index in [1.54, 1.807) is 48.5 Å². The lowest BCUT2D eigenvalue weighted by Crippen LogP contribution is -2.36. The van der Waals surface area contributed by atoms with Gasteiger partial charge in [-0.3, -0.25) is 14.4 Å². The first-order valence-electron chi connectivity index (χ1n) is 10.4. The molecule has 0 saturated heterocycles. The third-order valence-corrected chi connectivity index (χ3v) is 5.29. The number of rotatable bonds is 8. The summed E-state index contributed by atoms with van der Waals surface area (Å²) in [6, 6.07) is 19.3. The van der Waals surface area contributed by atoms with Gasteiger partial charge in [0.25, 0.3) is 5.91 Å². The highest BCUT2D eigenvalue weighted by Crippen LogP contribution is 2.19. The number of aryl methyl sites for hydroxylation is 1. The normalized spacial score (nSPS) is 10.3. The number of nitrogens with one attached hydrogen (secondary N) is 4. The molecule has 3 rings (SSSR count). The van der Waals surface area contributed by atoms with E-state index in [0.717, 1.165) is 11.1 Å². The third-order valence-electron chi connectivity index (χ3n) is 5.04. The van der Waals surface area contributed by atoms with Crippen LogP contribution in [0.2, 0.25) is 5.02 Å². The molecule has 0 aliphatic carbocycles. The van der Waals surface area contributed by atoms with Crippen molar-refractivity contribution >= 4 is 46.4 Å². The van der Waals surface area contributed by atoms with E-state index in [2.05, 4.69) is 21.3 Å². The fourth-order valence-electron chi connectivity index (χ4n) is 3.06. The van der Waals surface area contributed by atoms with Crippen molar-refractivity contribution in [2.45, 2.75) is 13.8 Å². The minimum absolute atomic E-state index is 0.0952. The molecule has 3 aromatic carbocycles. The van der Waals surface area contributed by atoms with E-state index in [1.807, 2.05) is 32.0 Å². The number of anilines is 3. The van der Waals surface area contributed by atoms with Crippen molar-refractivity contribution in [2.75, 3.05) is 29.0 Å². The van der Waals surface area contributed by atoms with Gasteiger partial charge in [0.2, 0.25) is 11.8 Å². The Morgan fingerprint density at radius 2 is 1.45 bits per heavy atom. The molecule has 8 heteroatoms. The highest BCUT2D eigenvalue weighted by Gasteiger charge is 2.13. The van der Waals surface area contributed by atoms with Crippen LogP contribution in [0.4, 0.5) is 17.1 Å². The van der Waals surface area contributed by atoms with Crippen molar-refractivity contribution in [1.29, 1.82) is 0 Å². The Labute approximate surface area is 197 Å². The lowest BCUT2D eigenvalue weighted by atomic mass is 10.1. The smallest absolute Gasteiger partial charge is 0.257 e. The molecule has 0 spiro atoms. The van der Waals surface area contributed by atoms with Crippen molar-refractivity contribution in [3.8, 4) is 0 Å². The van der Waals surface area contributed by atoms with Crippen LogP contribution in [0, 0.1) is 13.8 Å². The molecule has 0 unspecified atom stereocenters. The van der Waals surface area contributed by atoms with Crippen LogP contribution in [-0.4, -0.2) is 30.8 Å². The standard InChI is InChI=1S/C25H25ClN4O3/c1-16-6-5-9-21(17(16)2)30-24(32)15-28-23(31)14-27-22-8-4-3-7-20(22)25(33)29-19-12-10-18(26)11-13-19/h3-13,27H,14-15H2,1-2H3,(H,28,31)(H,29,33)(H,30,32). The number of hydrogen-bond donors (Lipinski definition) is 4. The molecule has 0 atom stereocenters. The van der Waals surface area contributed by atoms with E-state index >= 15 is 0 Å². The van der Waals surface area contributed by atoms with Crippen LogP contribution in [0.25, 0.3) is 0 Å². The highest BCUT2D eigenvalue weighted by atomic mass is 35.5. The summed E-state index contributed by atoms with van der Waals surface area (Å²) in [5.41, 5.74) is 4.25. The molecule has 0 bridgehead atoms. The van der Waals surface area contributed by atoms with E-state index < -0.39 is 0 Å². The van der Waals surface area contributed by atoms with Crippen LogP contribution >= 0.6 is 11.6 Å². The van der Waals surface area contributed by atoms with Gasteiger partial charge in [-0.15, -0.1) is 0 Å². The number of carbonyl (C=O) groups excluding carboxylic acids is 3. The molecule has 0 radical (unpaired) electrons. The van der Waals surface area contributed by atoms with Gasteiger partial charge in [-0.05, 0) is 67.4 Å². The van der Waals surface area contributed by atoms with Gasteiger partial charge < -0.3 is 21.3 Å². The van der Waals surface area contributed by atoms with Gasteiger partial charge in [0, 0.05) is 22.1 Å². The van der Waals surface area contributed by atoms with Crippen molar-refractivity contribution in [1.82, 2.24) is 5.32 Å². The van der Waals surface area contributed by atoms with Crippen molar-refractivity contribution in [3.63, 3.8) is 0 Å². The van der Waals surface area contributed by atoms with Crippen LogP contribution < -0.4 is 21.3 Å². The Balaban J connectivity index is 1.52. The molecule has 33 heavy (non-hydrogen) atoms. The van der Waals surface area contributed by atoms with Gasteiger partial charge in [0.1, 0.15) is 0 Å². The Morgan fingerprint density at radius 1 is 0.758 bits per heavy atom. The maximum atomic E-state index is 12.7. The van der Waals surface area contributed by atoms with Crippen LogP contribution in [0.3, 0.4) is 0 Å². The molecular formula is C25H25ClN4O3. The molecule has 0 aromatic heterocycles. The van der Waals surface area contributed by atoms with Gasteiger partial charge in [-0.2, -0.15) is 0 Å². The van der Waals surface area contributed by atoms with E-state index in [1.165, 1.54) is 0 Å². The van der Waals surface area contributed by atoms with E-state index in [4.69, 9.17) is 11.6 Å². The number of hydrogen-bond acceptors (Lipinski definition) is 4. The number of amides is 3. The van der Waals surface area contributed by atoms with Gasteiger partial charge in [0.15, 0.2) is 0 Å². The molecule has 3 aromatic rings. The predicted octanol–water partition coefficient (Wildman–Crippen LogP) is 4.38. The van der Waals surface area contributed by atoms with Gasteiger partial charge in [-0.25, -0.2) is 0 Å². The zero-order valence-electron chi connectivity index (χ0n) is 18.4. The average molecular weight is 465 g/mol. The van der Waals surface area contributed by atoms with E-state index in [-0.39, 0.29) is 30.8 Å². The Bertz CT molecular complexity index is 1160. The first-order valence-corrected chi connectivity index (χ1v) is 10.7. The van der Waals surface area contributed by atoms with Crippen molar-refractivity contribution in [2.24, 2.45) is 0 Å². The molecule has 0 aliphatic heterocycles. The first-order chi connectivity index (χ1) is 15.8. The Kier molecular flexibility index (Phi) is 8.05. The zero-order valence-corrected chi connectivity index (χ0v) is 19.1. The van der Waals surface area contributed by atoms with Crippen molar-refractivity contribution in [3.05, 3.63) is 88.4 Å². The number of halogens is 1. The number of carbonyl (C=O) groups is 3. The molecule has 7 nitrogen and oxygen atoms in total. The monoisotopic (exact) mass is 464 g/mol. The van der Waals surface area contributed by atoms with E-state index in [0.29, 0.717) is 27.6 Å². The molecule has 4 N–H and O–H groups in total. The lowest BCUT2D eigenvalue weighted by molar-refractivity contribution is -0.122. The topological polar surface area (TPSA) is 99.3 Å². The number of benzene rings is 3. The Morgan fingerprint density at radius 3 is 2.21 bits per heavy atom. The van der Waals surface area contributed by atoms with Crippen molar-refractivity contribution < 1.29 is 14.4 Å². The quantitative estimate of drug-likeness (QED) is 0.397. The Hall–Kier alpha value is -3.84. The molecule has 0 aliphatic rings. The molecule has 170 valence electrons. The van der Waals surface area contributed by atoms with Gasteiger partial charge >= 0.3 is 0 Å². The molecule has 0 saturated carbocycles. The average Bonchev–Trinajstić information content (AvgIpc) is 2.81. The molecule has 3 amide bonds. The number of para-hydroxylation sites is 1. The second-order valence-corrected chi connectivity index (χ2v) is 7.87. The second kappa shape index (κ2) is 11.2. The SMILES string of the molecule is Cc1cccc(NC(=O)CNC(=O)CNc2ccccc2C(=O)Nc2ccc(Cl)cc2)c1C. The van der Waals surface area contributed by atoms with Crippen LogP contribution in [0.5, 0.6) is 0 Å². The summed E-state index contributed by atoms with van der Waals surface area (Å²) in [4.78, 5) is 37.1. The summed E-state index contributed by atoms with van der Waals surface area (Å²) in [7, 11) is 0. The molecular weight excluding hydrogens is 440 g/mol. The minimum Gasteiger partial charge on any atom is -0.376 e. The summed E-state index contributed by atoms with van der Waals surface area (Å²) in [5.74, 6) is -1.02. The van der Waals surface area contributed by atoms with E-state index in [9.17, 15) is 14.4 Å². The van der Waals surface area contributed by atoms with Crippen LogP contribution in [0.1, 0.15) is 21.5 Å².